The van der Waals surface area contributed by atoms with Gasteiger partial charge in [-0.2, -0.15) is 5.26 Å². The minimum Gasteiger partial charge on any atom is -0.379 e. The maximum atomic E-state index is 13.9. The Labute approximate surface area is 180 Å². The molecular weight excluding hydrogens is 388 g/mol. The third-order valence-corrected chi connectivity index (χ3v) is 6.24. The topological polar surface area (TPSA) is 73.5 Å². The van der Waals surface area contributed by atoms with Crippen LogP contribution in [0.1, 0.15) is 22.3 Å². The number of rotatable bonds is 3. The zero-order valence-electron chi connectivity index (χ0n) is 17.7. The van der Waals surface area contributed by atoms with Crippen LogP contribution >= 0.6 is 0 Å². The molecule has 3 heterocycles. The molecule has 1 aliphatic rings. The highest BCUT2D eigenvalue weighted by atomic mass is 16.5. The number of ether oxygens (including phenoxy) is 1. The second kappa shape index (κ2) is 7.69. The molecule has 31 heavy (non-hydrogen) atoms. The van der Waals surface area contributed by atoms with Gasteiger partial charge in [-0.15, -0.1) is 0 Å². The molecular formula is C25H24N4O2. The lowest BCUT2D eigenvalue weighted by molar-refractivity contribution is 0.0341. The normalized spacial score (nSPS) is 14.9. The molecule has 4 aromatic rings. The van der Waals surface area contributed by atoms with Crippen LogP contribution in [0, 0.1) is 25.2 Å². The third kappa shape index (κ3) is 3.23. The van der Waals surface area contributed by atoms with Gasteiger partial charge in [0.25, 0.3) is 5.56 Å². The molecule has 0 spiro atoms. The van der Waals surface area contributed by atoms with Gasteiger partial charge in [0.15, 0.2) is 0 Å². The van der Waals surface area contributed by atoms with Gasteiger partial charge < -0.3 is 9.72 Å². The minimum atomic E-state index is -0.0751. The Morgan fingerprint density at radius 3 is 2.52 bits per heavy atom. The predicted octanol–water partition coefficient (Wildman–Crippen LogP) is 3.77. The number of benzene rings is 2. The lowest BCUT2D eigenvalue weighted by Crippen LogP contribution is -2.38. The number of imidazole rings is 1. The standard InChI is InChI=1S/C25H24N4O2/c1-16-12-21-22(13-17(16)2)29-24(27-21)19(14-26)23(18-6-4-3-5-7-18)20(25(29)30)15-28-8-10-31-11-9-28/h3-7,12-13,27H,8-11,15H2,1-2H3. The molecule has 0 radical (unpaired) electrons. The Hall–Kier alpha value is -3.40. The van der Waals surface area contributed by atoms with Crippen LogP contribution in [0.25, 0.3) is 27.8 Å². The fourth-order valence-corrected chi connectivity index (χ4v) is 4.45. The molecule has 0 saturated carbocycles. The van der Waals surface area contributed by atoms with Crippen LogP contribution in [0.15, 0.2) is 47.3 Å². The number of nitrogens with one attached hydrogen (secondary N) is 1. The van der Waals surface area contributed by atoms with Crippen molar-refractivity contribution >= 4 is 16.7 Å². The summed E-state index contributed by atoms with van der Waals surface area (Å²) >= 11 is 0. The Morgan fingerprint density at radius 1 is 1.10 bits per heavy atom. The molecule has 1 saturated heterocycles. The predicted molar refractivity (Wildman–Crippen MR) is 121 cm³/mol. The molecule has 0 atom stereocenters. The van der Waals surface area contributed by atoms with Crippen molar-refractivity contribution in [2.45, 2.75) is 20.4 Å². The molecule has 2 aromatic carbocycles. The van der Waals surface area contributed by atoms with Crippen molar-refractivity contribution in [1.82, 2.24) is 14.3 Å². The number of aromatic amines is 1. The number of hydrogen-bond acceptors (Lipinski definition) is 4. The molecule has 5 rings (SSSR count). The van der Waals surface area contributed by atoms with Crippen LogP contribution in [-0.4, -0.2) is 40.6 Å². The van der Waals surface area contributed by atoms with E-state index in [9.17, 15) is 10.1 Å². The van der Waals surface area contributed by atoms with Crippen LogP contribution < -0.4 is 5.56 Å². The summed E-state index contributed by atoms with van der Waals surface area (Å²) in [4.78, 5) is 19.5. The van der Waals surface area contributed by atoms with Crippen LogP contribution in [0.4, 0.5) is 0 Å². The van der Waals surface area contributed by atoms with Crippen molar-refractivity contribution in [3.05, 3.63) is 75.1 Å². The maximum Gasteiger partial charge on any atom is 0.261 e. The van der Waals surface area contributed by atoms with Crippen LogP contribution in [0.3, 0.4) is 0 Å². The molecule has 156 valence electrons. The summed E-state index contributed by atoms with van der Waals surface area (Å²) in [6.45, 7) is 7.42. The van der Waals surface area contributed by atoms with Gasteiger partial charge in [-0.1, -0.05) is 30.3 Å². The number of fused-ring (bicyclic) bond motifs is 3. The van der Waals surface area contributed by atoms with Gasteiger partial charge in [0.05, 0.1) is 24.2 Å². The molecule has 6 nitrogen and oxygen atoms in total. The minimum absolute atomic E-state index is 0.0751. The monoisotopic (exact) mass is 412 g/mol. The SMILES string of the molecule is Cc1cc2[nH]c3c(C#N)c(-c4ccccc4)c(CN4CCOCC4)c(=O)n3c2cc1C. The van der Waals surface area contributed by atoms with Gasteiger partial charge in [0.2, 0.25) is 0 Å². The van der Waals surface area contributed by atoms with Crippen molar-refractivity contribution in [3.8, 4) is 17.2 Å². The lowest BCUT2D eigenvalue weighted by atomic mass is 9.96. The van der Waals surface area contributed by atoms with E-state index in [4.69, 9.17) is 4.74 Å². The third-order valence-electron chi connectivity index (χ3n) is 6.24. The second-order valence-corrected chi connectivity index (χ2v) is 8.16. The number of aryl methyl sites for hydroxylation is 2. The molecule has 6 heteroatoms. The lowest BCUT2D eigenvalue weighted by Gasteiger charge is -2.27. The van der Waals surface area contributed by atoms with Crippen LogP contribution in [0.2, 0.25) is 0 Å². The van der Waals surface area contributed by atoms with E-state index in [1.165, 1.54) is 0 Å². The smallest absolute Gasteiger partial charge is 0.261 e. The van der Waals surface area contributed by atoms with E-state index in [1.54, 1.807) is 4.40 Å². The second-order valence-electron chi connectivity index (χ2n) is 8.16. The highest BCUT2D eigenvalue weighted by Gasteiger charge is 2.24. The van der Waals surface area contributed by atoms with Gasteiger partial charge in [-0.25, -0.2) is 0 Å². The number of pyridine rings is 1. The van der Waals surface area contributed by atoms with Crippen LogP contribution in [-0.2, 0) is 11.3 Å². The average Bonchev–Trinajstić information content (AvgIpc) is 3.15. The van der Waals surface area contributed by atoms with E-state index in [1.807, 2.05) is 56.3 Å². The number of hydrogen-bond donors (Lipinski definition) is 1. The van der Waals surface area contributed by atoms with E-state index in [0.29, 0.717) is 36.5 Å². The zero-order valence-corrected chi connectivity index (χ0v) is 17.7. The van der Waals surface area contributed by atoms with E-state index >= 15 is 0 Å². The summed E-state index contributed by atoms with van der Waals surface area (Å²) in [5, 5.41) is 10.2. The first-order valence-corrected chi connectivity index (χ1v) is 10.5. The summed E-state index contributed by atoms with van der Waals surface area (Å²) in [7, 11) is 0. The van der Waals surface area contributed by atoms with Crippen LogP contribution in [0.5, 0.6) is 0 Å². The van der Waals surface area contributed by atoms with E-state index in [-0.39, 0.29) is 5.56 Å². The summed E-state index contributed by atoms with van der Waals surface area (Å²) < 4.78 is 7.17. The number of H-pyrrole nitrogens is 1. The average molecular weight is 412 g/mol. The zero-order chi connectivity index (χ0) is 21.5. The van der Waals surface area contributed by atoms with Gasteiger partial charge >= 0.3 is 0 Å². The molecule has 0 bridgehead atoms. The molecule has 2 aromatic heterocycles. The number of nitriles is 1. The molecule has 0 aliphatic carbocycles. The number of morpholine rings is 1. The van der Waals surface area contributed by atoms with Crippen molar-refractivity contribution < 1.29 is 4.74 Å². The molecule has 1 aliphatic heterocycles. The summed E-state index contributed by atoms with van der Waals surface area (Å²) in [5.41, 5.74) is 7.16. The first kappa shape index (κ1) is 19.6. The Morgan fingerprint density at radius 2 is 1.81 bits per heavy atom. The van der Waals surface area contributed by atoms with E-state index in [0.717, 1.165) is 46.4 Å². The van der Waals surface area contributed by atoms with Crippen molar-refractivity contribution in [1.29, 1.82) is 5.26 Å². The van der Waals surface area contributed by atoms with Gasteiger partial charge in [0.1, 0.15) is 17.3 Å². The maximum absolute atomic E-state index is 13.9. The number of nitrogens with zero attached hydrogens (tertiary/aromatic N) is 3. The Kier molecular flexibility index (Phi) is 4.85. The first-order valence-electron chi connectivity index (χ1n) is 10.5. The summed E-state index contributed by atoms with van der Waals surface area (Å²) in [5.74, 6) is 0. The van der Waals surface area contributed by atoms with Crippen molar-refractivity contribution in [2.24, 2.45) is 0 Å². The Balaban J connectivity index is 1.88. The molecule has 0 unspecified atom stereocenters. The highest BCUT2D eigenvalue weighted by Crippen LogP contribution is 2.31. The van der Waals surface area contributed by atoms with Crippen molar-refractivity contribution in [3.63, 3.8) is 0 Å². The van der Waals surface area contributed by atoms with Gasteiger partial charge in [-0.05, 0) is 42.7 Å². The number of aromatic nitrogens is 2. The fraction of sp³-hybridized carbons (Fsp3) is 0.280. The van der Waals surface area contributed by atoms with E-state index < -0.39 is 0 Å². The van der Waals surface area contributed by atoms with Gasteiger partial charge in [0, 0.05) is 30.8 Å². The molecule has 1 fully saturated rings. The fourth-order valence-electron chi connectivity index (χ4n) is 4.45. The molecule has 1 N–H and O–H groups in total. The first-order chi connectivity index (χ1) is 15.1. The quantitative estimate of drug-likeness (QED) is 0.556. The van der Waals surface area contributed by atoms with Gasteiger partial charge in [-0.3, -0.25) is 14.1 Å². The largest absolute Gasteiger partial charge is 0.379 e. The summed E-state index contributed by atoms with van der Waals surface area (Å²) in [6, 6.07) is 16.2. The van der Waals surface area contributed by atoms with Crippen molar-refractivity contribution in [2.75, 3.05) is 26.3 Å². The summed E-state index contributed by atoms with van der Waals surface area (Å²) in [6.07, 6.45) is 0. The highest BCUT2D eigenvalue weighted by molar-refractivity contribution is 5.88. The van der Waals surface area contributed by atoms with E-state index in [2.05, 4.69) is 16.0 Å². The molecule has 0 amide bonds. The Bertz CT molecular complexity index is 1390.